The van der Waals surface area contributed by atoms with Crippen molar-refractivity contribution in [1.82, 2.24) is 4.98 Å². The van der Waals surface area contributed by atoms with Crippen molar-refractivity contribution in [2.75, 3.05) is 0 Å². The van der Waals surface area contributed by atoms with Gasteiger partial charge >= 0.3 is 0 Å². The van der Waals surface area contributed by atoms with E-state index in [1.807, 2.05) is 72.8 Å². The molecule has 0 aliphatic heterocycles. The van der Waals surface area contributed by atoms with Crippen molar-refractivity contribution >= 4 is 0 Å². The van der Waals surface area contributed by atoms with Gasteiger partial charge in [0.2, 0.25) is 0 Å². The number of rotatable bonds is 2. The fourth-order valence-corrected chi connectivity index (χ4v) is 1.90. The third-order valence-electron chi connectivity index (χ3n) is 2.78. The Labute approximate surface area is 102 Å². The molecule has 1 nitrogen and oxygen atoms in total. The molecule has 17 heavy (non-hydrogen) atoms. The molecule has 0 radical (unpaired) electrons. The van der Waals surface area contributed by atoms with Crippen molar-refractivity contribution < 1.29 is 1.41 Å². The monoisotopic (exact) mass is 221 g/mol. The van der Waals surface area contributed by atoms with Crippen LogP contribution in [0.25, 0.3) is 22.5 Å². The van der Waals surface area contributed by atoms with Gasteiger partial charge < -0.3 is 4.98 Å². The molecule has 1 heterocycles. The SMILES string of the molecule is [3H]n1c(-c2ccccc2)ccc1-c1ccccc1. The number of benzene rings is 2. The number of nitrogens with one attached hydrogen (secondary N) is 1. The first-order valence-corrected chi connectivity index (χ1v) is 5.68. The number of hydrogen-bond donors (Lipinski definition) is 1. The maximum Gasteiger partial charge on any atom is 0.167 e. The Morgan fingerprint density at radius 3 is 1.41 bits per heavy atom. The second-order valence-corrected chi connectivity index (χ2v) is 3.95. The zero-order valence-electron chi connectivity index (χ0n) is 10.4. The van der Waals surface area contributed by atoms with Crippen LogP contribution in [0, 0.1) is 0 Å². The Morgan fingerprint density at radius 1 is 0.588 bits per heavy atom. The van der Waals surface area contributed by atoms with E-state index in [0.717, 1.165) is 22.5 Å². The van der Waals surface area contributed by atoms with Crippen molar-refractivity contribution in [3.8, 4) is 22.5 Å². The molecule has 82 valence electrons. The van der Waals surface area contributed by atoms with Crippen molar-refractivity contribution in [3.05, 3.63) is 72.8 Å². The maximum absolute atomic E-state index is 8.22. The molecule has 0 atom stereocenters. The summed E-state index contributed by atoms with van der Waals surface area (Å²) in [7, 11) is 0. The highest BCUT2D eigenvalue weighted by atomic mass is 14.7. The Kier molecular flexibility index (Phi) is 2.23. The minimum Gasteiger partial charge on any atom is -0.355 e. The van der Waals surface area contributed by atoms with Gasteiger partial charge in [-0.15, -0.1) is 0 Å². The van der Waals surface area contributed by atoms with E-state index in [1.165, 1.54) is 4.98 Å². The third kappa shape index (κ3) is 2.00. The summed E-state index contributed by atoms with van der Waals surface area (Å²) >= 11 is 0. The standard InChI is InChI=1S/C16H13N/c1-3-7-13(8-4-1)15-11-12-16(17-15)14-9-5-2-6-10-14/h1-12,17H/i/hT. The molecule has 2 aromatic carbocycles. The van der Waals surface area contributed by atoms with Gasteiger partial charge in [-0.05, 0) is 23.3 Å². The van der Waals surface area contributed by atoms with Gasteiger partial charge in [-0.1, -0.05) is 60.7 Å². The van der Waals surface area contributed by atoms with Gasteiger partial charge in [-0.2, -0.15) is 0 Å². The van der Waals surface area contributed by atoms with E-state index in [2.05, 4.69) is 0 Å². The molecule has 3 aromatic rings. The second kappa shape index (κ2) is 4.30. The predicted molar refractivity (Wildman–Crippen MR) is 71.7 cm³/mol. The lowest BCUT2D eigenvalue weighted by molar-refractivity contribution is 1.39. The predicted octanol–water partition coefficient (Wildman–Crippen LogP) is 4.35. The van der Waals surface area contributed by atoms with E-state index in [9.17, 15) is 0 Å². The highest BCUT2D eigenvalue weighted by molar-refractivity contribution is 5.67. The quantitative estimate of drug-likeness (QED) is 0.662. The van der Waals surface area contributed by atoms with E-state index in [1.54, 1.807) is 0 Å². The largest absolute Gasteiger partial charge is 0.355 e. The summed E-state index contributed by atoms with van der Waals surface area (Å²) in [6.07, 6.45) is 0. The summed E-state index contributed by atoms with van der Waals surface area (Å²) < 4.78 is 8.22. The number of hydrogen-bond acceptors (Lipinski definition) is 0. The summed E-state index contributed by atoms with van der Waals surface area (Å²) in [6, 6.07) is 24.0. The highest BCUT2D eigenvalue weighted by Crippen LogP contribution is 2.23. The molecule has 0 bridgehead atoms. The van der Waals surface area contributed by atoms with E-state index < -0.39 is 0 Å². The van der Waals surface area contributed by atoms with Gasteiger partial charge in [0.1, 0.15) is 0 Å². The third-order valence-corrected chi connectivity index (χ3v) is 2.78. The van der Waals surface area contributed by atoms with Crippen LogP contribution in [0.3, 0.4) is 0 Å². The molecule has 3 rings (SSSR count). The van der Waals surface area contributed by atoms with E-state index in [0.29, 0.717) is 0 Å². The van der Waals surface area contributed by atoms with Crippen LogP contribution in [0.15, 0.2) is 72.8 Å². The summed E-state index contributed by atoms with van der Waals surface area (Å²) in [5.41, 5.74) is 3.95. The smallest absolute Gasteiger partial charge is 0.167 e. The highest BCUT2D eigenvalue weighted by Gasteiger charge is 2.02. The van der Waals surface area contributed by atoms with E-state index >= 15 is 0 Å². The molecular weight excluding hydrogens is 206 g/mol. The molecule has 0 aliphatic carbocycles. The zero-order valence-corrected chi connectivity index (χ0v) is 9.38. The Morgan fingerprint density at radius 2 is 1.00 bits per heavy atom. The van der Waals surface area contributed by atoms with Gasteiger partial charge in [0.25, 0.3) is 0 Å². The average Bonchev–Trinajstić information content (AvgIpc) is 2.83. The minimum atomic E-state index is 0.912. The number of H-pyrrole nitrogens is 1. The summed E-state index contributed by atoms with van der Waals surface area (Å²) in [5, 5.41) is 0. The first-order valence-electron chi connectivity index (χ1n) is 6.13. The van der Waals surface area contributed by atoms with Gasteiger partial charge in [-0.25, -0.2) is 0 Å². The summed E-state index contributed by atoms with van der Waals surface area (Å²) in [6.45, 7) is 0. The lowest BCUT2D eigenvalue weighted by atomic mass is 10.2. The van der Waals surface area contributed by atoms with Crippen LogP contribution >= 0.6 is 0 Å². The van der Waals surface area contributed by atoms with Crippen LogP contribution in [-0.2, 0) is 0 Å². The van der Waals surface area contributed by atoms with Crippen LogP contribution in [0.4, 0.5) is 0 Å². The van der Waals surface area contributed by atoms with Gasteiger partial charge in [0.15, 0.2) is 1.41 Å². The second-order valence-electron chi connectivity index (χ2n) is 3.95. The van der Waals surface area contributed by atoms with Crippen LogP contribution in [0.1, 0.15) is 0 Å². The fourth-order valence-electron chi connectivity index (χ4n) is 1.90. The molecule has 0 amide bonds. The molecule has 0 unspecified atom stereocenters. The molecule has 0 saturated heterocycles. The molecule has 0 saturated carbocycles. The zero-order chi connectivity index (χ0) is 12.4. The molecule has 1 N–H and O–H groups in total. The van der Waals surface area contributed by atoms with Crippen molar-refractivity contribution in [1.29, 1.82) is 0 Å². The van der Waals surface area contributed by atoms with Crippen LogP contribution < -0.4 is 0 Å². The minimum absolute atomic E-state index is 0.912. The van der Waals surface area contributed by atoms with Gasteiger partial charge in [0, 0.05) is 11.4 Å². The van der Waals surface area contributed by atoms with Crippen molar-refractivity contribution in [2.45, 2.75) is 0 Å². The first kappa shape index (κ1) is 8.82. The Balaban J connectivity index is 2.09. The van der Waals surface area contributed by atoms with Crippen LogP contribution in [-0.4, -0.2) is 4.98 Å². The fraction of sp³-hybridized carbons (Fsp3) is 0. The van der Waals surface area contributed by atoms with Crippen molar-refractivity contribution in [2.24, 2.45) is 0 Å². The Hall–Kier alpha value is -2.28. The van der Waals surface area contributed by atoms with Crippen LogP contribution in [0.5, 0.6) is 0 Å². The molecular formula is C16H13N. The Bertz CT molecular complexity index is 584. The first-order chi connectivity index (χ1) is 8.86. The normalized spacial score (nSPS) is 11.2. The maximum atomic E-state index is 8.22. The van der Waals surface area contributed by atoms with E-state index in [-0.39, 0.29) is 0 Å². The topological polar surface area (TPSA) is 15.8 Å². The molecule has 1 aromatic heterocycles. The van der Waals surface area contributed by atoms with E-state index in [4.69, 9.17) is 1.41 Å². The molecule has 0 aliphatic rings. The molecule has 1 heteroatoms. The lowest BCUT2D eigenvalue weighted by Crippen LogP contribution is -1.78. The average molecular weight is 221 g/mol. The van der Waals surface area contributed by atoms with Gasteiger partial charge in [0.05, 0.1) is 0 Å². The summed E-state index contributed by atoms with van der Waals surface area (Å²) in [4.78, 5) is 1.49. The number of aromatic nitrogens is 1. The van der Waals surface area contributed by atoms with Gasteiger partial charge in [-0.3, -0.25) is 0 Å². The van der Waals surface area contributed by atoms with Crippen molar-refractivity contribution in [3.63, 3.8) is 0 Å². The molecule has 0 spiro atoms. The molecule has 0 fully saturated rings. The lowest BCUT2D eigenvalue weighted by Gasteiger charge is -1.99. The van der Waals surface area contributed by atoms with Crippen LogP contribution in [0.2, 0.25) is 1.41 Å². The number of aromatic amines is 1. The summed E-state index contributed by atoms with van der Waals surface area (Å²) in [5.74, 6) is 0.